The number of nitrogens with zero attached hydrogens (tertiary/aromatic N) is 1. The molecule has 0 aliphatic heterocycles. The Hall–Kier alpha value is -1.17. The minimum atomic E-state index is -0.923. The van der Waals surface area contributed by atoms with E-state index in [1.54, 1.807) is 12.3 Å². The van der Waals surface area contributed by atoms with Crippen LogP contribution in [0.4, 0.5) is 5.69 Å². The zero-order valence-electron chi connectivity index (χ0n) is 9.59. The second-order valence-electron chi connectivity index (χ2n) is 3.23. The number of hydrogen-bond acceptors (Lipinski definition) is 5. The summed E-state index contributed by atoms with van der Waals surface area (Å²) in [5.74, 6) is 0. The summed E-state index contributed by atoms with van der Waals surface area (Å²) in [6, 6.07) is 1.63. The lowest BCUT2D eigenvalue weighted by molar-refractivity contribution is -0.191. The number of aromatic nitrogens is 1. The summed E-state index contributed by atoms with van der Waals surface area (Å²) in [5, 5.41) is 10.1. The van der Waals surface area contributed by atoms with Crippen molar-refractivity contribution < 1.29 is 14.6 Å². The van der Waals surface area contributed by atoms with Gasteiger partial charge in [0.25, 0.3) is 0 Å². The fourth-order valence-corrected chi connectivity index (χ4v) is 1.37. The van der Waals surface area contributed by atoms with Crippen LogP contribution in [0, 0.1) is 0 Å². The standard InChI is InChI=1S/C11H18N2O3/c1-3-15-11(16-4-2)10(14)8-7-13-6-5-9(8)12/h5-7,10-11,14H,3-4H2,1-2H3,(H2,12,13). The molecule has 0 saturated carbocycles. The number of nitrogen functional groups attached to an aromatic ring is 1. The molecule has 0 saturated heterocycles. The highest BCUT2D eigenvalue weighted by molar-refractivity contribution is 5.45. The van der Waals surface area contributed by atoms with E-state index in [4.69, 9.17) is 15.2 Å². The van der Waals surface area contributed by atoms with Gasteiger partial charge in [0, 0.05) is 36.9 Å². The molecule has 1 heterocycles. The van der Waals surface area contributed by atoms with Crippen molar-refractivity contribution in [3.63, 3.8) is 0 Å². The summed E-state index contributed by atoms with van der Waals surface area (Å²) in [4.78, 5) is 3.92. The van der Waals surface area contributed by atoms with E-state index in [9.17, 15) is 5.11 Å². The van der Waals surface area contributed by atoms with E-state index in [-0.39, 0.29) is 0 Å². The summed E-state index contributed by atoms with van der Waals surface area (Å²) < 4.78 is 10.6. The van der Waals surface area contributed by atoms with Crippen molar-refractivity contribution in [2.45, 2.75) is 26.2 Å². The van der Waals surface area contributed by atoms with Crippen LogP contribution in [0.2, 0.25) is 0 Å². The average molecular weight is 226 g/mol. The van der Waals surface area contributed by atoms with Crippen molar-refractivity contribution in [3.8, 4) is 0 Å². The Labute approximate surface area is 95.2 Å². The molecule has 0 aliphatic rings. The zero-order chi connectivity index (χ0) is 12.0. The van der Waals surface area contributed by atoms with Crippen molar-refractivity contribution in [3.05, 3.63) is 24.0 Å². The fraction of sp³-hybridized carbons (Fsp3) is 0.545. The first-order valence-electron chi connectivity index (χ1n) is 5.31. The van der Waals surface area contributed by atoms with Gasteiger partial charge in [0.15, 0.2) is 6.29 Å². The summed E-state index contributed by atoms with van der Waals surface area (Å²) >= 11 is 0. The maximum Gasteiger partial charge on any atom is 0.187 e. The lowest BCUT2D eigenvalue weighted by Crippen LogP contribution is -2.26. The number of ether oxygens (including phenoxy) is 2. The van der Waals surface area contributed by atoms with Gasteiger partial charge in [-0.2, -0.15) is 0 Å². The molecule has 1 rings (SSSR count). The summed E-state index contributed by atoms with van der Waals surface area (Å²) in [6.07, 6.45) is 1.46. The van der Waals surface area contributed by atoms with Crippen LogP contribution >= 0.6 is 0 Å². The lowest BCUT2D eigenvalue weighted by Gasteiger charge is -2.23. The molecule has 5 heteroatoms. The van der Waals surface area contributed by atoms with Gasteiger partial charge < -0.3 is 20.3 Å². The normalized spacial score (nSPS) is 13.0. The highest BCUT2D eigenvalue weighted by atomic mass is 16.7. The van der Waals surface area contributed by atoms with Gasteiger partial charge in [-0.25, -0.2) is 0 Å². The molecule has 0 radical (unpaired) electrons. The lowest BCUT2D eigenvalue weighted by atomic mass is 10.1. The molecule has 0 spiro atoms. The van der Waals surface area contributed by atoms with Crippen LogP contribution in [0.3, 0.4) is 0 Å². The van der Waals surface area contributed by atoms with E-state index in [0.717, 1.165) is 0 Å². The van der Waals surface area contributed by atoms with Crippen molar-refractivity contribution in [2.75, 3.05) is 18.9 Å². The van der Waals surface area contributed by atoms with Crippen LogP contribution < -0.4 is 5.73 Å². The number of aliphatic hydroxyl groups is 1. The first-order valence-corrected chi connectivity index (χ1v) is 5.31. The number of rotatable bonds is 6. The number of pyridine rings is 1. The summed E-state index contributed by atoms with van der Waals surface area (Å²) in [7, 11) is 0. The van der Waals surface area contributed by atoms with Crippen molar-refractivity contribution in [1.29, 1.82) is 0 Å². The van der Waals surface area contributed by atoms with Gasteiger partial charge in [0.2, 0.25) is 0 Å². The van der Waals surface area contributed by atoms with E-state index < -0.39 is 12.4 Å². The predicted octanol–water partition coefficient (Wildman–Crippen LogP) is 1.10. The SMILES string of the molecule is CCOC(OCC)C(O)c1cnccc1N. The molecule has 0 fully saturated rings. The highest BCUT2D eigenvalue weighted by Gasteiger charge is 2.23. The van der Waals surface area contributed by atoms with Gasteiger partial charge in [-0.05, 0) is 19.9 Å². The van der Waals surface area contributed by atoms with Crippen molar-refractivity contribution in [1.82, 2.24) is 4.98 Å². The topological polar surface area (TPSA) is 77.6 Å². The van der Waals surface area contributed by atoms with Gasteiger partial charge >= 0.3 is 0 Å². The summed E-state index contributed by atoms with van der Waals surface area (Å²) in [5.41, 5.74) is 6.74. The number of hydrogen-bond donors (Lipinski definition) is 2. The van der Waals surface area contributed by atoms with Crippen LogP contribution in [0.1, 0.15) is 25.5 Å². The molecule has 5 nitrogen and oxygen atoms in total. The van der Waals surface area contributed by atoms with Gasteiger partial charge in [-0.1, -0.05) is 0 Å². The third kappa shape index (κ3) is 3.16. The van der Waals surface area contributed by atoms with Crippen LogP contribution in [-0.4, -0.2) is 29.6 Å². The molecule has 1 atom stereocenters. The molecular formula is C11H18N2O3. The van der Waals surface area contributed by atoms with E-state index in [1.807, 2.05) is 13.8 Å². The van der Waals surface area contributed by atoms with E-state index in [0.29, 0.717) is 24.5 Å². The number of anilines is 1. The van der Waals surface area contributed by atoms with Crippen LogP contribution in [0.5, 0.6) is 0 Å². The molecule has 0 aromatic carbocycles. The quantitative estimate of drug-likeness (QED) is 0.710. The van der Waals surface area contributed by atoms with Gasteiger partial charge in [0.05, 0.1) is 0 Å². The maximum atomic E-state index is 10.1. The minimum absolute atomic E-state index is 0.460. The van der Waals surface area contributed by atoms with Crippen LogP contribution in [0.25, 0.3) is 0 Å². The second-order valence-corrected chi connectivity index (χ2v) is 3.23. The first-order chi connectivity index (χ1) is 7.70. The Morgan fingerprint density at radius 3 is 2.50 bits per heavy atom. The number of aliphatic hydroxyl groups excluding tert-OH is 1. The third-order valence-corrected chi connectivity index (χ3v) is 2.13. The second kappa shape index (κ2) is 6.42. The average Bonchev–Trinajstić information content (AvgIpc) is 2.28. The minimum Gasteiger partial charge on any atom is -0.398 e. The van der Waals surface area contributed by atoms with E-state index >= 15 is 0 Å². The van der Waals surface area contributed by atoms with Crippen molar-refractivity contribution >= 4 is 5.69 Å². The molecule has 0 bridgehead atoms. The third-order valence-electron chi connectivity index (χ3n) is 2.13. The van der Waals surface area contributed by atoms with Gasteiger partial charge in [-0.3, -0.25) is 4.98 Å². The maximum absolute atomic E-state index is 10.1. The van der Waals surface area contributed by atoms with E-state index in [1.165, 1.54) is 6.20 Å². The fourth-order valence-electron chi connectivity index (χ4n) is 1.37. The summed E-state index contributed by atoms with van der Waals surface area (Å²) in [6.45, 7) is 4.60. The van der Waals surface area contributed by atoms with Gasteiger partial charge in [-0.15, -0.1) is 0 Å². The highest BCUT2D eigenvalue weighted by Crippen LogP contribution is 2.24. The molecule has 0 amide bonds. The molecule has 3 N–H and O–H groups in total. The molecule has 0 aliphatic carbocycles. The molecule has 1 aromatic rings. The molecule has 1 unspecified atom stereocenters. The van der Waals surface area contributed by atoms with Crippen LogP contribution in [-0.2, 0) is 9.47 Å². The Bertz CT molecular complexity index is 314. The molecule has 16 heavy (non-hydrogen) atoms. The Kier molecular flexibility index (Phi) is 5.18. The smallest absolute Gasteiger partial charge is 0.187 e. The largest absolute Gasteiger partial charge is 0.398 e. The molecule has 1 aromatic heterocycles. The Morgan fingerprint density at radius 1 is 1.38 bits per heavy atom. The van der Waals surface area contributed by atoms with Crippen LogP contribution in [0.15, 0.2) is 18.5 Å². The monoisotopic (exact) mass is 226 g/mol. The Morgan fingerprint density at radius 2 is 2.00 bits per heavy atom. The van der Waals surface area contributed by atoms with E-state index in [2.05, 4.69) is 4.98 Å². The first kappa shape index (κ1) is 12.9. The predicted molar refractivity (Wildman–Crippen MR) is 60.6 cm³/mol. The Balaban J connectivity index is 2.81. The zero-order valence-corrected chi connectivity index (χ0v) is 9.59. The van der Waals surface area contributed by atoms with Gasteiger partial charge in [0.1, 0.15) is 6.10 Å². The molecule has 90 valence electrons. The number of nitrogens with two attached hydrogens (primary N) is 1. The van der Waals surface area contributed by atoms with Crippen molar-refractivity contribution in [2.24, 2.45) is 0 Å². The molecular weight excluding hydrogens is 208 g/mol.